The Morgan fingerprint density at radius 1 is 0.943 bits per heavy atom. The molecule has 0 spiro atoms. The lowest BCUT2D eigenvalue weighted by Gasteiger charge is -2.26. The molecule has 1 N–H and O–H groups in total. The highest BCUT2D eigenvalue weighted by Gasteiger charge is 2.41. The third-order valence-electron chi connectivity index (χ3n) is 6.38. The van der Waals surface area contributed by atoms with Gasteiger partial charge in [0.15, 0.2) is 0 Å². The van der Waals surface area contributed by atoms with Crippen LogP contribution in [0.15, 0.2) is 78.9 Å². The van der Waals surface area contributed by atoms with Crippen LogP contribution in [-0.4, -0.2) is 41.3 Å². The van der Waals surface area contributed by atoms with Crippen LogP contribution >= 0.6 is 0 Å². The van der Waals surface area contributed by atoms with Crippen LogP contribution in [0.25, 0.3) is 11.3 Å². The molecule has 0 saturated carbocycles. The molecule has 5 rings (SSSR count). The first-order chi connectivity index (χ1) is 17.2. The Labute approximate surface area is 205 Å². The number of carbonyl (C=O) groups excluding carboxylic acids is 1. The lowest BCUT2D eigenvalue weighted by atomic mass is 9.95. The number of hydrogen-bond acceptors (Lipinski definition) is 4. The number of rotatable bonds is 9. The number of ether oxygens (including phenoxy) is 2. The molecular weight excluding hydrogens is 438 g/mol. The number of H-pyrrole nitrogens is 1. The van der Waals surface area contributed by atoms with E-state index in [-0.39, 0.29) is 11.9 Å². The van der Waals surface area contributed by atoms with Gasteiger partial charge in [0.25, 0.3) is 5.91 Å². The molecule has 178 valence electrons. The fraction of sp³-hybridized carbons (Fsp3) is 0.241. The number of nitrogens with zero attached hydrogens (tertiary/aromatic N) is 2. The van der Waals surface area contributed by atoms with E-state index in [9.17, 15) is 4.79 Å². The van der Waals surface area contributed by atoms with Crippen LogP contribution < -0.4 is 9.47 Å². The first-order valence-corrected chi connectivity index (χ1v) is 12.0. The average Bonchev–Trinajstić information content (AvgIpc) is 3.46. The van der Waals surface area contributed by atoms with Crippen LogP contribution in [0.2, 0.25) is 0 Å². The van der Waals surface area contributed by atoms with E-state index in [0.717, 1.165) is 46.7 Å². The van der Waals surface area contributed by atoms with Crippen molar-refractivity contribution < 1.29 is 14.3 Å². The Morgan fingerprint density at radius 3 is 2.34 bits per heavy atom. The number of methoxy groups -OCH3 is 1. The SMILES string of the molecule is CCCOc1ccc(C2c3c(-c4ccc(OC)cc4)n[nH]c3C(=O)N2CCc2ccccc2)cc1. The molecule has 1 aromatic heterocycles. The number of aromatic nitrogens is 2. The second kappa shape index (κ2) is 10.1. The van der Waals surface area contributed by atoms with Gasteiger partial charge >= 0.3 is 0 Å². The van der Waals surface area contributed by atoms with Gasteiger partial charge in [0.2, 0.25) is 0 Å². The van der Waals surface area contributed by atoms with Crippen LogP contribution in [0.1, 0.15) is 46.6 Å². The molecule has 1 aliphatic heterocycles. The molecule has 1 unspecified atom stereocenters. The van der Waals surface area contributed by atoms with Gasteiger partial charge in [-0.2, -0.15) is 5.10 Å². The summed E-state index contributed by atoms with van der Waals surface area (Å²) in [7, 11) is 1.65. The van der Waals surface area contributed by atoms with Crippen molar-refractivity contribution in [3.05, 3.63) is 101 Å². The first-order valence-electron chi connectivity index (χ1n) is 12.0. The number of amides is 1. The van der Waals surface area contributed by atoms with E-state index in [1.807, 2.05) is 59.5 Å². The minimum Gasteiger partial charge on any atom is -0.497 e. The summed E-state index contributed by atoms with van der Waals surface area (Å²) in [5.74, 6) is 1.58. The maximum absolute atomic E-state index is 13.6. The van der Waals surface area contributed by atoms with Gasteiger partial charge in [-0.25, -0.2) is 0 Å². The number of hydrogen-bond donors (Lipinski definition) is 1. The van der Waals surface area contributed by atoms with E-state index in [1.165, 1.54) is 5.56 Å². The first kappa shape index (κ1) is 22.7. The van der Waals surface area contributed by atoms with Gasteiger partial charge in [-0.15, -0.1) is 0 Å². The molecule has 0 saturated heterocycles. The number of benzene rings is 3. The molecular formula is C29H29N3O3. The van der Waals surface area contributed by atoms with Crippen molar-refractivity contribution in [3.8, 4) is 22.8 Å². The maximum Gasteiger partial charge on any atom is 0.273 e. The Kier molecular flexibility index (Phi) is 6.53. The molecule has 0 bridgehead atoms. The lowest BCUT2D eigenvalue weighted by Crippen LogP contribution is -2.31. The summed E-state index contributed by atoms with van der Waals surface area (Å²) in [6, 6.07) is 25.9. The summed E-state index contributed by atoms with van der Waals surface area (Å²) >= 11 is 0. The van der Waals surface area contributed by atoms with Gasteiger partial charge in [0, 0.05) is 17.7 Å². The third kappa shape index (κ3) is 4.52. The molecule has 4 aromatic rings. The Balaban J connectivity index is 1.53. The van der Waals surface area contributed by atoms with Crippen molar-refractivity contribution in [1.29, 1.82) is 0 Å². The van der Waals surface area contributed by atoms with E-state index in [4.69, 9.17) is 9.47 Å². The normalized spacial score (nSPS) is 14.7. The Bertz CT molecular complexity index is 1280. The zero-order valence-electron chi connectivity index (χ0n) is 20.0. The smallest absolute Gasteiger partial charge is 0.273 e. The van der Waals surface area contributed by atoms with Crippen molar-refractivity contribution in [2.45, 2.75) is 25.8 Å². The van der Waals surface area contributed by atoms with E-state index in [0.29, 0.717) is 18.8 Å². The quantitative estimate of drug-likeness (QED) is 0.345. The predicted molar refractivity (Wildman–Crippen MR) is 136 cm³/mol. The van der Waals surface area contributed by atoms with Gasteiger partial charge < -0.3 is 14.4 Å². The van der Waals surface area contributed by atoms with Crippen LogP contribution in [0, 0.1) is 0 Å². The number of fused-ring (bicyclic) bond motifs is 1. The van der Waals surface area contributed by atoms with Gasteiger partial charge in [-0.3, -0.25) is 9.89 Å². The van der Waals surface area contributed by atoms with Crippen LogP contribution in [-0.2, 0) is 6.42 Å². The van der Waals surface area contributed by atoms with E-state index < -0.39 is 0 Å². The van der Waals surface area contributed by atoms with Crippen molar-refractivity contribution in [2.75, 3.05) is 20.3 Å². The van der Waals surface area contributed by atoms with Crippen LogP contribution in [0.5, 0.6) is 11.5 Å². The minimum atomic E-state index is -0.239. The topological polar surface area (TPSA) is 67.5 Å². The van der Waals surface area contributed by atoms with E-state index in [2.05, 4.69) is 41.4 Å². The summed E-state index contributed by atoms with van der Waals surface area (Å²) in [5, 5.41) is 7.60. The van der Waals surface area contributed by atoms with Gasteiger partial charge in [-0.1, -0.05) is 49.4 Å². The molecule has 35 heavy (non-hydrogen) atoms. The summed E-state index contributed by atoms with van der Waals surface area (Å²) < 4.78 is 11.1. The maximum atomic E-state index is 13.6. The highest BCUT2D eigenvalue weighted by atomic mass is 16.5. The van der Waals surface area contributed by atoms with E-state index in [1.54, 1.807) is 7.11 Å². The number of carbonyl (C=O) groups is 1. The van der Waals surface area contributed by atoms with Crippen molar-refractivity contribution in [2.24, 2.45) is 0 Å². The second-order valence-electron chi connectivity index (χ2n) is 8.64. The molecule has 0 aliphatic carbocycles. The number of nitrogens with one attached hydrogen (secondary N) is 1. The lowest BCUT2D eigenvalue weighted by molar-refractivity contribution is 0.0746. The molecule has 6 nitrogen and oxygen atoms in total. The fourth-order valence-electron chi connectivity index (χ4n) is 4.60. The molecule has 0 radical (unpaired) electrons. The molecule has 3 aromatic carbocycles. The van der Waals surface area contributed by atoms with Gasteiger partial charge in [0.05, 0.1) is 25.5 Å². The largest absolute Gasteiger partial charge is 0.497 e. The van der Waals surface area contributed by atoms with E-state index >= 15 is 0 Å². The Hall–Kier alpha value is -4.06. The van der Waals surface area contributed by atoms with Crippen LogP contribution in [0.3, 0.4) is 0 Å². The van der Waals surface area contributed by atoms with Crippen molar-refractivity contribution in [1.82, 2.24) is 15.1 Å². The second-order valence-corrected chi connectivity index (χ2v) is 8.64. The number of aromatic amines is 1. The summed E-state index contributed by atoms with van der Waals surface area (Å²) in [6.07, 6.45) is 1.73. The highest BCUT2D eigenvalue weighted by Crippen LogP contribution is 2.43. The average molecular weight is 468 g/mol. The van der Waals surface area contributed by atoms with Crippen molar-refractivity contribution >= 4 is 5.91 Å². The molecule has 1 aliphatic rings. The van der Waals surface area contributed by atoms with Crippen molar-refractivity contribution in [3.63, 3.8) is 0 Å². The standard InChI is InChI=1S/C29H29N3O3/c1-3-19-35-24-15-11-22(12-16-24)28-25-26(21-9-13-23(34-2)14-10-21)30-31-27(25)29(33)32(28)18-17-20-7-5-4-6-8-20/h4-16,28H,3,17-19H2,1-2H3,(H,30,31). The zero-order chi connectivity index (χ0) is 24.2. The fourth-order valence-corrected chi connectivity index (χ4v) is 4.60. The summed E-state index contributed by atoms with van der Waals surface area (Å²) in [6.45, 7) is 3.37. The Morgan fingerprint density at radius 2 is 1.66 bits per heavy atom. The molecule has 0 fully saturated rings. The zero-order valence-corrected chi connectivity index (χ0v) is 20.0. The minimum absolute atomic E-state index is 0.0282. The summed E-state index contributed by atoms with van der Waals surface area (Å²) in [4.78, 5) is 15.5. The molecule has 2 heterocycles. The molecule has 1 atom stereocenters. The monoisotopic (exact) mass is 467 g/mol. The molecule has 1 amide bonds. The van der Waals surface area contributed by atoms with Gasteiger partial charge in [0.1, 0.15) is 17.2 Å². The predicted octanol–water partition coefficient (Wildman–Crippen LogP) is 5.66. The van der Waals surface area contributed by atoms with Gasteiger partial charge in [-0.05, 0) is 60.4 Å². The molecule has 6 heteroatoms. The highest BCUT2D eigenvalue weighted by molar-refractivity contribution is 6.00. The van der Waals surface area contributed by atoms with Crippen LogP contribution in [0.4, 0.5) is 0 Å². The summed E-state index contributed by atoms with van der Waals surface area (Å²) in [5.41, 5.74) is 5.43. The third-order valence-corrected chi connectivity index (χ3v) is 6.38.